The van der Waals surface area contributed by atoms with E-state index in [1.807, 2.05) is 0 Å². The van der Waals surface area contributed by atoms with Crippen molar-refractivity contribution in [2.24, 2.45) is 5.73 Å². The zero-order chi connectivity index (χ0) is 9.14. The molecule has 1 aromatic rings. The molecule has 11 heavy (non-hydrogen) atoms. The minimum atomic E-state index is -0.435. The maximum Gasteiger partial charge on any atom is 0.249 e. The highest BCUT2D eigenvalue weighted by atomic mass is 35.5. The van der Waals surface area contributed by atoms with Crippen molar-refractivity contribution in [3.63, 3.8) is 0 Å². The number of primary amides is 1. The Labute approximate surface area is 71.4 Å². The van der Waals surface area contributed by atoms with Crippen LogP contribution in [0.25, 0.3) is 0 Å². The summed E-state index contributed by atoms with van der Waals surface area (Å²) in [4.78, 5) is 11.0. The maximum atomic E-state index is 11.0. The maximum absolute atomic E-state index is 11.0. The van der Waals surface area contributed by atoms with Crippen molar-refractivity contribution in [3.8, 4) is 0 Å². The summed E-state index contributed by atoms with van der Waals surface area (Å²) in [5.41, 5.74) is 3.05. The van der Waals surface area contributed by atoms with E-state index < -0.39 is 5.91 Å². The quantitative estimate of drug-likeness (QED) is 0.686. The van der Waals surface area contributed by atoms with Crippen molar-refractivity contribution in [1.82, 2.24) is 0 Å². The fourth-order valence-electron chi connectivity index (χ4n) is 0.839. The Morgan fingerprint density at radius 2 is 2.45 bits per heavy atom. The molecule has 0 unspecified atom stereocenters. The van der Waals surface area contributed by atoms with Gasteiger partial charge in [-0.1, -0.05) is 17.7 Å². The number of aryl methyl sites for hydroxylation is 1. The van der Waals surface area contributed by atoms with E-state index in [4.69, 9.17) is 13.0 Å². The first-order valence-corrected chi connectivity index (χ1v) is 3.51. The van der Waals surface area contributed by atoms with E-state index in [-0.39, 0.29) is 0 Å². The summed E-state index contributed by atoms with van der Waals surface area (Å²) in [5, 5.41) is 0.499. The average molecular weight is 171 g/mol. The number of carbonyl (C=O) groups is 1. The van der Waals surface area contributed by atoms with E-state index in [0.29, 0.717) is 10.6 Å². The third kappa shape index (κ3) is 1.71. The van der Waals surface area contributed by atoms with E-state index in [0.717, 1.165) is 5.56 Å². The van der Waals surface area contributed by atoms with Gasteiger partial charge in [-0.3, -0.25) is 4.79 Å². The molecule has 1 amide bonds. The first-order valence-electron chi connectivity index (χ1n) is 3.63. The molecule has 0 atom stereocenters. The van der Waals surface area contributed by atoms with E-state index in [9.17, 15) is 4.79 Å². The van der Waals surface area contributed by atoms with Crippen LogP contribution < -0.4 is 5.73 Å². The molecule has 1 rings (SSSR count). The van der Waals surface area contributed by atoms with Crippen LogP contribution in [0.2, 0.25) is 6.43 Å². The Bertz CT molecular complexity index is 314. The Morgan fingerprint density at radius 1 is 1.73 bits per heavy atom. The number of halogens is 1. The average Bonchev–Trinajstić information content (AvgIpc) is 2.08. The van der Waals surface area contributed by atoms with Crippen LogP contribution in [0, 0.1) is 6.92 Å². The molecule has 0 bridgehead atoms. The lowest BCUT2D eigenvalue weighted by Gasteiger charge is -2.00. The lowest BCUT2D eigenvalue weighted by Crippen LogP contribution is -2.12. The van der Waals surface area contributed by atoms with Crippen LogP contribution in [-0.4, -0.2) is 5.91 Å². The largest absolute Gasteiger partial charge is 0.366 e. The Kier molecular flexibility index (Phi) is 1.78. The summed E-state index contributed by atoms with van der Waals surface area (Å²) in [7, 11) is 0. The molecule has 0 heterocycles. The van der Waals surface area contributed by atoms with Gasteiger partial charge >= 0.3 is 0 Å². The monoisotopic (exact) mass is 170 g/mol. The van der Waals surface area contributed by atoms with E-state index in [2.05, 4.69) is 0 Å². The lowest BCUT2D eigenvalue weighted by atomic mass is 10.1. The molecule has 0 fully saturated rings. The van der Waals surface area contributed by atoms with Gasteiger partial charge in [0.2, 0.25) is 5.91 Å². The molecule has 0 aliphatic rings. The molecule has 1 aromatic carbocycles. The van der Waals surface area contributed by atoms with Gasteiger partial charge in [-0.05, 0) is 24.6 Å². The summed E-state index contributed by atoms with van der Waals surface area (Å²) in [6, 6.07) is 4.99. The zero-order valence-electron chi connectivity index (χ0n) is 7.02. The number of carbonyl (C=O) groups excluding carboxylic acids is 1. The predicted octanol–water partition coefficient (Wildman–Crippen LogP) is 1.75. The van der Waals surface area contributed by atoms with Crippen molar-refractivity contribution < 1.29 is 6.21 Å². The van der Waals surface area contributed by atoms with Crippen molar-refractivity contribution >= 4 is 17.5 Å². The Hall–Kier alpha value is -1.02. The molecule has 0 radical (unpaired) electrons. The van der Waals surface area contributed by atoms with Gasteiger partial charge in [0.1, 0.15) is 0 Å². The second-order valence-electron chi connectivity index (χ2n) is 2.29. The number of amides is 1. The van der Waals surface area contributed by atoms with Crippen LogP contribution in [0.4, 0.5) is 0 Å². The van der Waals surface area contributed by atoms with Crippen molar-refractivity contribution in [2.45, 2.75) is 6.92 Å². The van der Waals surface area contributed by atoms with Crippen LogP contribution in [0.15, 0.2) is 18.2 Å². The minimum absolute atomic E-state index is 0.435. The van der Waals surface area contributed by atoms with Gasteiger partial charge in [-0.15, -0.1) is 0 Å². The van der Waals surface area contributed by atoms with E-state index >= 15 is 0 Å². The molecular formula is C8H8ClNO. The Morgan fingerprint density at radius 3 is 3.09 bits per heavy atom. The van der Waals surface area contributed by atoms with Crippen LogP contribution in [0.5, 0.6) is 0 Å². The predicted molar refractivity (Wildman–Crippen MR) is 44.7 cm³/mol. The first-order chi connectivity index (χ1) is 5.65. The first kappa shape index (κ1) is 6.68. The van der Waals surface area contributed by atoms with Gasteiger partial charge in [0, 0.05) is 10.6 Å². The summed E-state index contributed by atoms with van der Waals surface area (Å²) in [6.45, 7) is 1.79. The summed E-state index contributed by atoms with van der Waals surface area (Å²) in [5.74, 6) is -0.435. The third-order valence-corrected chi connectivity index (χ3v) is 1.68. The molecule has 3 heteroatoms. The molecule has 58 valence electrons. The van der Waals surface area contributed by atoms with Crippen LogP contribution >= 0.6 is 11.6 Å². The molecule has 0 aliphatic heterocycles. The van der Waals surface area contributed by atoms with Gasteiger partial charge in [0.25, 0.3) is 0 Å². The van der Waals surface area contributed by atoms with Crippen LogP contribution in [-0.2, 0) is 0 Å². The molecule has 0 aliphatic carbocycles. The highest BCUT2D eigenvalue weighted by Crippen LogP contribution is 2.14. The zero-order valence-corrected chi connectivity index (χ0v) is 6.77. The molecule has 0 saturated carbocycles. The third-order valence-electron chi connectivity index (χ3n) is 1.44. The van der Waals surface area contributed by atoms with Gasteiger partial charge in [-0.2, -0.15) is 0 Å². The minimum Gasteiger partial charge on any atom is -0.366 e. The van der Waals surface area contributed by atoms with E-state index in [1.54, 1.807) is 30.8 Å². The molecule has 2 nitrogen and oxygen atoms in total. The summed E-state index contributed by atoms with van der Waals surface area (Å²) < 4.78 is 6.67. The van der Waals surface area contributed by atoms with Crippen molar-refractivity contribution in [3.05, 3.63) is 34.3 Å². The van der Waals surface area contributed by atoms with Gasteiger partial charge < -0.3 is 5.73 Å². The van der Waals surface area contributed by atoms with Gasteiger partial charge in [0.15, 0.2) is 1.41 Å². The number of hydrogen-bond acceptors (Lipinski definition) is 1. The molecule has 0 spiro atoms. The molecule has 0 aromatic heterocycles. The fourth-order valence-corrected chi connectivity index (χ4v) is 1.01. The number of benzene rings is 1. The topological polar surface area (TPSA) is 43.1 Å². The highest BCUT2D eigenvalue weighted by molar-refractivity contribution is 6.31. The smallest absolute Gasteiger partial charge is 0.249 e. The second-order valence-corrected chi connectivity index (χ2v) is 2.72. The highest BCUT2D eigenvalue weighted by Gasteiger charge is 2.03. The number of nitrogens with two attached hydrogens (primary N) is 1. The van der Waals surface area contributed by atoms with Crippen LogP contribution in [0.3, 0.4) is 0 Å². The molecule has 2 N–H and O–H groups in total. The standard InChI is InChI=1S/C8H8ClNO/c1-5-2-3-6(9)4-7(5)8(10)11/h2-4H,1H3,(H2,10,11)/i/hD. The van der Waals surface area contributed by atoms with Gasteiger partial charge in [-0.25, -0.2) is 0 Å². The van der Waals surface area contributed by atoms with Gasteiger partial charge in [0.05, 0.1) is 0 Å². The van der Waals surface area contributed by atoms with Crippen LogP contribution in [0.1, 0.15) is 15.9 Å². The summed E-state index contributed by atoms with van der Waals surface area (Å²) in [6.07, 6.45) is 0. The number of rotatable bonds is 1. The normalized spacial score (nSPS) is 10.5. The van der Waals surface area contributed by atoms with E-state index in [1.165, 1.54) is 0 Å². The number of hydrogen-bond donors (Lipinski definition) is 1. The van der Waals surface area contributed by atoms with Crippen molar-refractivity contribution in [2.75, 3.05) is 0 Å². The van der Waals surface area contributed by atoms with Crippen molar-refractivity contribution in [1.29, 1.82) is 0 Å². The SMILES string of the molecule is [2H]NC(=O)c1cc(Cl)ccc1C. The lowest BCUT2D eigenvalue weighted by molar-refractivity contribution is 0.0999. The molecular weight excluding hydrogens is 162 g/mol. The fraction of sp³-hybridized carbons (Fsp3) is 0.125. The second kappa shape index (κ2) is 2.93. The molecule has 0 saturated heterocycles. The Balaban J connectivity index is 3.13. The summed E-state index contributed by atoms with van der Waals surface area (Å²) >= 11 is 5.68.